The number of methoxy groups -OCH3 is 2. The number of ketones is 1. The molecular formula is C11H13BrO3. The van der Waals surface area contributed by atoms with Crippen LogP contribution in [0.5, 0.6) is 5.75 Å². The fraction of sp³-hybridized carbons (Fsp3) is 0.364. The first kappa shape index (κ1) is 12.2. The summed E-state index contributed by atoms with van der Waals surface area (Å²) >= 11 is 3.34. The van der Waals surface area contributed by atoms with E-state index >= 15 is 0 Å². The van der Waals surface area contributed by atoms with Gasteiger partial charge in [0.15, 0.2) is 5.78 Å². The monoisotopic (exact) mass is 272 g/mol. The Kier molecular flexibility index (Phi) is 4.78. The molecule has 0 N–H and O–H groups in total. The maximum atomic E-state index is 11.7. The highest BCUT2D eigenvalue weighted by Gasteiger charge is 2.10. The van der Waals surface area contributed by atoms with Crippen LogP contribution in [-0.4, -0.2) is 26.6 Å². The molecular weight excluding hydrogens is 260 g/mol. The molecule has 1 aromatic rings. The molecule has 0 spiro atoms. The summed E-state index contributed by atoms with van der Waals surface area (Å²) in [5.74, 6) is 0.788. The van der Waals surface area contributed by atoms with Crippen LogP contribution >= 0.6 is 15.9 Å². The summed E-state index contributed by atoms with van der Waals surface area (Å²) in [5, 5.41) is 0. The summed E-state index contributed by atoms with van der Waals surface area (Å²) in [4.78, 5) is 11.7. The Morgan fingerprint density at radius 1 is 1.40 bits per heavy atom. The zero-order chi connectivity index (χ0) is 11.3. The fourth-order valence-corrected chi connectivity index (χ4v) is 1.76. The number of carbonyl (C=O) groups is 1. The van der Waals surface area contributed by atoms with Gasteiger partial charge >= 0.3 is 0 Å². The summed E-state index contributed by atoms with van der Waals surface area (Å²) in [6, 6.07) is 5.30. The molecule has 4 heteroatoms. The smallest absolute Gasteiger partial charge is 0.166 e. The van der Waals surface area contributed by atoms with Gasteiger partial charge in [0.05, 0.1) is 13.7 Å². The van der Waals surface area contributed by atoms with Crippen molar-refractivity contribution in [1.29, 1.82) is 0 Å². The van der Waals surface area contributed by atoms with Crippen LogP contribution in [0.1, 0.15) is 16.8 Å². The standard InChI is InChI=1S/C11H13BrO3/c1-14-6-5-11(13)9-4-3-8(15-2)7-10(9)12/h3-4,7H,5-6H2,1-2H3. The van der Waals surface area contributed by atoms with Crippen LogP contribution in [0.4, 0.5) is 0 Å². The largest absolute Gasteiger partial charge is 0.497 e. The third kappa shape index (κ3) is 3.32. The summed E-state index contributed by atoms with van der Waals surface area (Å²) in [5.41, 5.74) is 0.660. The van der Waals surface area contributed by atoms with Crippen molar-refractivity contribution >= 4 is 21.7 Å². The summed E-state index contributed by atoms with van der Waals surface area (Å²) < 4.78 is 10.7. The minimum atomic E-state index is 0.0615. The number of benzene rings is 1. The summed E-state index contributed by atoms with van der Waals surface area (Å²) in [6.45, 7) is 0.442. The first-order valence-electron chi connectivity index (χ1n) is 4.54. The summed E-state index contributed by atoms with van der Waals surface area (Å²) in [7, 11) is 3.17. The third-order valence-corrected chi connectivity index (χ3v) is 2.67. The minimum Gasteiger partial charge on any atom is -0.497 e. The number of rotatable bonds is 5. The molecule has 0 atom stereocenters. The van der Waals surface area contributed by atoms with Crippen LogP contribution in [0.25, 0.3) is 0 Å². The lowest BCUT2D eigenvalue weighted by Crippen LogP contribution is -2.04. The van der Waals surface area contributed by atoms with Gasteiger partial charge in [-0.25, -0.2) is 0 Å². The molecule has 3 nitrogen and oxygen atoms in total. The second kappa shape index (κ2) is 5.88. The minimum absolute atomic E-state index is 0.0615. The van der Waals surface area contributed by atoms with Crippen LogP contribution in [0.3, 0.4) is 0 Å². The molecule has 0 saturated heterocycles. The zero-order valence-electron chi connectivity index (χ0n) is 8.75. The van der Waals surface area contributed by atoms with Crippen LogP contribution in [-0.2, 0) is 4.74 Å². The van der Waals surface area contributed by atoms with Gasteiger partial charge in [-0.3, -0.25) is 4.79 Å². The van der Waals surface area contributed by atoms with E-state index in [0.29, 0.717) is 18.6 Å². The number of ether oxygens (including phenoxy) is 2. The molecule has 0 aliphatic heterocycles. The average molecular weight is 273 g/mol. The van der Waals surface area contributed by atoms with Gasteiger partial charge in [-0.2, -0.15) is 0 Å². The number of carbonyl (C=O) groups excluding carboxylic acids is 1. The van der Waals surface area contributed by atoms with Gasteiger partial charge in [-0.15, -0.1) is 0 Å². The molecule has 1 rings (SSSR count). The maximum absolute atomic E-state index is 11.7. The van der Waals surface area contributed by atoms with Crippen molar-refractivity contribution in [3.8, 4) is 5.75 Å². The third-order valence-electron chi connectivity index (χ3n) is 2.01. The quantitative estimate of drug-likeness (QED) is 0.774. The Balaban J connectivity index is 2.81. The van der Waals surface area contributed by atoms with Gasteiger partial charge in [-0.05, 0) is 34.1 Å². The van der Waals surface area contributed by atoms with Crippen molar-refractivity contribution in [3.63, 3.8) is 0 Å². The van der Waals surface area contributed by atoms with Gasteiger partial charge in [0.1, 0.15) is 5.75 Å². The number of hydrogen-bond acceptors (Lipinski definition) is 3. The SMILES string of the molecule is COCCC(=O)c1ccc(OC)cc1Br. The number of hydrogen-bond donors (Lipinski definition) is 0. The van der Waals surface area contributed by atoms with Crippen molar-refractivity contribution in [3.05, 3.63) is 28.2 Å². The highest BCUT2D eigenvalue weighted by atomic mass is 79.9. The van der Waals surface area contributed by atoms with E-state index in [0.717, 1.165) is 10.2 Å². The van der Waals surface area contributed by atoms with Crippen molar-refractivity contribution in [2.75, 3.05) is 20.8 Å². The first-order valence-corrected chi connectivity index (χ1v) is 5.34. The van der Waals surface area contributed by atoms with E-state index in [-0.39, 0.29) is 5.78 Å². The van der Waals surface area contributed by atoms with Gasteiger partial charge in [0.2, 0.25) is 0 Å². The molecule has 0 radical (unpaired) electrons. The van der Waals surface area contributed by atoms with Gasteiger partial charge in [0, 0.05) is 23.6 Å². The molecule has 15 heavy (non-hydrogen) atoms. The molecule has 0 heterocycles. The van der Waals surface area contributed by atoms with E-state index in [1.807, 2.05) is 0 Å². The van der Waals surface area contributed by atoms with Crippen molar-refractivity contribution in [2.24, 2.45) is 0 Å². The van der Waals surface area contributed by atoms with E-state index in [1.165, 1.54) is 0 Å². The normalized spacial score (nSPS) is 10.1. The van der Waals surface area contributed by atoms with E-state index < -0.39 is 0 Å². The average Bonchev–Trinajstić information content (AvgIpc) is 2.25. The number of halogens is 1. The topological polar surface area (TPSA) is 35.5 Å². The Labute approximate surface area is 97.5 Å². The van der Waals surface area contributed by atoms with E-state index in [1.54, 1.807) is 32.4 Å². The Morgan fingerprint density at radius 3 is 2.67 bits per heavy atom. The van der Waals surface area contributed by atoms with Crippen LogP contribution in [0.2, 0.25) is 0 Å². The Bertz CT molecular complexity index is 350. The molecule has 0 aromatic heterocycles. The van der Waals surface area contributed by atoms with E-state index in [9.17, 15) is 4.79 Å². The Morgan fingerprint density at radius 2 is 2.13 bits per heavy atom. The van der Waals surface area contributed by atoms with Crippen LogP contribution in [0, 0.1) is 0 Å². The first-order chi connectivity index (χ1) is 7.19. The predicted molar refractivity (Wildman–Crippen MR) is 61.5 cm³/mol. The van der Waals surface area contributed by atoms with E-state index in [4.69, 9.17) is 9.47 Å². The number of Topliss-reactive ketones (excluding diaryl/α,β-unsaturated/α-hetero) is 1. The molecule has 82 valence electrons. The Hall–Kier alpha value is -0.870. The second-order valence-electron chi connectivity index (χ2n) is 3.01. The van der Waals surface area contributed by atoms with Crippen molar-refractivity contribution < 1.29 is 14.3 Å². The highest BCUT2D eigenvalue weighted by Crippen LogP contribution is 2.23. The molecule has 0 aliphatic carbocycles. The predicted octanol–water partition coefficient (Wildman–Crippen LogP) is 2.68. The molecule has 1 aromatic carbocycles. The lowest BCUT2D eigenvalue weighted by molar-refractivity contribution is 0.0931. The van der Waals surface area contributed by atoms with Crippen LogP contribution in [0.15, 0.2) is 22.7 Å². The maximum Gasteiger partial charge on any atom is 0.166 e. The van der Waals surface area contributed by atoms with Gasteiger partial charge < -0.3 is 9.47 Å². The van der Waals surface area contributed by atoms with E-state index in [2.05, 4.69) is 15.9 Å². The summed E-state index contributed by atoms with van der Waals surface area (Å²) in [6.07, 6.45) is 0.390. The lowest BCUT2D eigenvalue weighted by atomic mass is 10.1. The molecule has 0 amide bonds. The van der Waals surface area contributed by atoms with Crippen LogP contribution < -0.4 is 4.74 Å². The zero-order valence-corrected chi connectivity index (χ0v) is 10.3. The molecule has 0 fully saturated rings. The molecule has 0 saturated carbocycles. The van der Waals surface area contributed by atoms with Gasteiger partial charge in [0.25, 0.3) is 0 Å². The van der Waals surface area contributed by atoms with Crippen molar-refractivity contribution in [1.82, 2.24) is 0 Å². The molecule has 0 aliphatic rings. The van der Waals surface area contributed by atoms with Gasteiger partial charge in [-0.1, -0.05) is 0 Å². The van der Waals surface area contributed by atoms with Crippen molar-refractivity contribution in [2.45, 2.75) is 6.42 Å². The highest BCUT2D eigenvalue weighted by molar-refractivity contribution is 9.10. The lowest BCUT2D eigenvalue weighted by Gasteiger charge is -2.05. The molecule has 0 unspecified atom stereocenters. The molecule has 0 bridgehead atoms. The second-order valence-corrected chi connectivity index (χ2v) is 3.87. The fourth-order valence-electron chi connectivity index (χ4n) is 1.18.